The zero-order chi connectivity index (χ0) is 12.8. The second kappa shape index (κ2) is 6.18. The van der Waals surface area contributed by atoms with Gasteiger partial charge in [0.15, 0.2) is 0 Å². The van der Waals surface area contributed by atoms with Gasteiger partial charge in [0.1, 0.15) is 6.61 Å². The van der Waals surface area contributed by atoms with E-state index >= 15 is 0 Å². The number of carbonyl (C=O) groups excluding carboxylic acids is 1. The largest absolute Gasteiger partial charge is 0.388 e. The Morgan fingerprint density at radius 2 is 1.81 bits per heavy atom. The lowest BCUT2D eigenvalue weighted by atomic mass is 9.86. The normalized spacial score (nSPS) is 12.6. The van der Waals surface area contributed by atoms with Gasteiger partial charge < -0.3 is 19.9 Å². The number of amides is 1. The molecule has 0 fully saturated rings. The summed E-state index contributed by atoms with van der Waals surface area (Å²) in [5, 5.41) is 12.5. The fraction of sp³-hybridized carbons (Fsp3) is 0.909. The molecule has 5 nitrogen and oxygen atoms in total. The molecular formula is C11H23NO4. The first-order valence-corrected chi connectivity index (χ1v) is 5.31. The molecule has 0 rings (SSSR count). The standard InChI is InChI=1S/C11H23NO4/c1-10(2,11(3,4)14)12-9(13)8-16-7-6-15-5/h14H,6-8H2,1-5H3,(H,12,13). The van der Waals surface area contributed by atoms with Crippen LogP contribution >= 0.6 is 0 Å². The lowest BCUT2D eigenvalue weighted by molar-refractivity contribution is -0.131. The van der Waals surface area contributed by atoms with Crippen molar-refractivity contribution < 1.29 is 19.4 Å². The topological polar surface area (TPSA) is 67.8 Å². The van der Waals surface area contributed by atoms with Crippen molar-refractivity contribution in [2.75, 3.05) is 26.9 Å². The summed E-state index contributed by atoms with van der Waals surface area (Å²) in [5.74, 6) is -0.247. The quantitative estimate of drug-likeness (QED) is 0.621. The Balaban J connectivity index is 3.96. The molecule has 0 aromatic carbocycles. The average Bonchev–Trinajstić information content (AvgIpc) is 2.10. The van der Waals surface area contributed by atoms with Crippen LogP contribution in [0.25, 0.3) is 0 Å². The number of nitrogens with one attached hydrogen (secondary N) is 1. The third-order valence-corrected chi connectivity index (χ3v) is 2.65. The number of carbonyl (C=O) groups is 1. The van der Waals surface area contributed by atoms with Gasteiger partial charge in [-0.2, -0.15) is 0 Å². The van der Waals surface area contributed by atoms with Crippen molar-refractivity contribution >= 4 is 5.91 Å². The number of ether oxygens (including phenoxy) is 2. The van der Waals surface area contributed by atoms with Crippen molar-refractivity contribution in [1.29, 1.82) is 0 Å². The molecule has 0 aliphatic carbocycles. The molecule has 0 bridgehead atoms. The monoisotopic (exact) mass is 233 g/mol. The minimum Gasteiger partial charge on any atom is -0.388 e. The molecule has 0 unspecified atom stereocenters. The zero-order valence-corrected chi connectivity index (χ0v) is 10.8. The minimum atomic E-state index is -0.991. The molecule has 5 heteroatoms. The molecule has 0 aliphatic heterocycles. The van der Waals surface area contributed by atoms with E-state index < -0.39 is 11.1 Å². The van der Waals surface area contributed by atoms with Crippen LogP contribution in [0.2, 0.25) is 0 Å². The molecule has 0 aliphatic rings. The SMILES string of the molecule is COCCOCC(=O)NC(C)(C)C(C)(C)O. The van der Waals surface area contributed by atoms with Gasteiger partial charge in [-0.05, 0) is 27.7 Å². The highest BCUT2D eigenvalue weighted by Gasteiger charge is 2.36. The maximum Gasteiger partial charge on any atom is 0.246 e. The predicted octanol–water partition coefficient (Wildman–Crippen LogP) is 0.315. The molecule has 0 spiro atoms. The first kappa shape index (κ1) is 15.3. The Kier molecular flexibility index (Phi) is 5.92. The van der Waals surface area contributed by atoms with Gasteiger partial charge in [0, 0.05) is 7.11 Å². The first-order chi connectivity index (χ1) is 7.20. The minimum absolute atomic E-state index is 0.0249. The highest BCUT2D eigenvalue weighted by Crippen LogP contribution is 2.20. The smallest absolute Gasteiger partial charge is 0.246 e. The lowest BCUT2D eigenvalue weighted by Crippen LogP contribution is -2.58. The van der Waals surface area contributed by atoms with Crippen molar-refractivity contribution in [1.82, 2.24) is 5.32 Å². The Hall–Kier alpha value is -0.650. The van der Waals surface area contributed by atoms with Crippen molar-refractivity contribution in [2.24, 2.45) is 0 Å². The third kappa shape index (κ3) is 5.44. The summed E-state index contributed by atoms with van der Waals surface area (Å²) in [7, 11) is 1.57. The number of aliphatic hydroxyl groups is 1. The van der Waals surface area contributed by atoms with E-state index in [-0.39, 0.29) is 12.5 Å². The Labute approximate surface area is 97.1 Å². The maximum atomic E-state index is 11.5. The number of methoxy groups -OCH3 is 1. The number of rotatable bonds is 7. The van der Waals surface area contributed by atoms with Gasteiger partial charge >= 0.3 is 0 Å². The van der Waals surface area contributed by atoms with Crippen LogP contribution in [0.3, 0.4) is 0 Å². The summed E-state index contributed by atoms with van der Waals surface area (Å²) >= 11 is 0. The van der Waals surface area contributed by atoms with Gasteiger partial charge in [0.25, 0.3) is 0 Å². The van der Waals surface area contributed by atoms with Crippen molar-refractivity contribution in [2.45, 2.75) is 38.8 Å². The number of hydrogen-bond donors (Lipinski definition) is 2. The molecular weight excluding hydrogens is 210 g/mol. The van der Waals surface area contributed by atoms with E-state index in [1.165, 1.54) is 0 Å². The molecule has 2 N–H and O–H groups in total. The highest BCUT2D eigenvalue weighted by atomic mass is 16.5. The van der Waals surface area contributed by atoms with Crippen LogP contribution in [0.15, 0.2) is 0 Å². The fourth-order valence-corrected chi connectivity index (χ4v) is 0.845. The van der Waals surface area contributed by atoms with E-state index in [1.54, 1.807) is 34.8 Å². The van der Waals surface area contributed by atoms with Crippen LogP contribution < -0.4 is 5.32 Å². The van der Waals surface area contributed by atoms with E-state index in [1.807, 2.05) is 0 Å². The summed E-state index contributed by atoms with van der Waals surface area (Å²) in [6.45, 7) is 7.65. The predicted molar refractivity (Wildman–Crippen MR) is 61.2 cm³/mol. The Morgan fingerprint density at radius 3 is 2.25 bits per heavy atom. The lowest BCUT2D eigenvalue weighted by Gasteiger charge is -2.37. The second-order valence-electron chi connectivity index (χ2n) is 4.78. The molecule has 0 aromatic heterocycles. The maximum absolute atomic E-state index is 11.5. The summed E-state index contributed by atoms with van der Waals surface area (Å²) in [6, 6.07) is 0. The molecule has 0 saturated heterocycles. The summed E-state index contributed by atoms with van der Waals surface area (Å²) in [4.78, 5) is 11.5. The molecule has 0 aromatic rings. The molecule has 0 heterocycles. The molecule has 0 radical (unpaired) electrons. The summed E-state index contributed by atoms with van der Waals surface area (Å²) in [5.41, 5.74) is -1.69. The van der Waals surface area contributed by atoms with Crippen LogP contribution in [0.1, 0.15) is 27.7 Å². The fourth-order valence-electron chi connectivity index (χ4n) is 0.845. The molecule has 0 atom stereocenters. The van der Waals surface area contributed by atoms with Crippen LogP contribution in [0.5, 0.6) is 0 Å². The zero-order valence-electron chi connectivity index (χ0n) is 10.8. The molecule has 0 saturated carbocycles. The van der Waals surface area contributed by atoms with E-state index in [4.69, 9.17) is 9.47 Å². The Bertz CT molecular complexity index is 221. The van der Waals surface area contributed by atoms with E-state index in [0.717, 1.165) is 0 Å². The summed E-state index contributed by atoms with van der Waals surface area (Å²) < 4.78 is 9.86. The van der Waals surface area contributed by atoms with Crippen LogP contribution in [0, 0.1) is 0 Å². The van der Waals surface area contributed by atoms with Gasteiger partial charge in [-0.25, -0.2) is 0 Å². The van der Waals surface area contributed by atoms with Gasteiger partial charge in [-0.1, -0.05) is 0 Å². The molecule has 1 amide bonds. The van der Waals surface area contributed by atoms with Crippen LogP contribution in [-0.4, -0.2) is 49.1 Å². The third-order valence-electron chi connectivity index (χ3n) is 2.65. The molecule has 16 heavy (non-hydrogen) atoms. The van der Waals surface area contributed by atoms with E-state index in [9.17, 15) is 9.90 Å². The molecule has 96 valence electrons. The number of hydrogen-bond acceptors (Lipinski definition) is 4. The van der Waals surface area contributed by atoms with E-state index in [0.29, 0.717) is 13.2 Å². The first-order valence-electron chi connectivity index (χ1n) is 5.31. The van der Waals surface area contributed by atoms with Gasteiger partial charge in [0.2, 0.25) is 5.91 Å². The van der Waals surface area contributed by atoms with Crippen molar-refractivity contribution in [3.63, 3.8) is 0 Å². The Morgan fingerprint density at radius 1 is 1.25 bits per heavy atom. The van der Waals surface area contributed by atoms with Crippen LogP contribution in [0.4, 0.5) is 0 Å². The van der Waals surface area contributed by atoms with Crippen LogP contribution in [-0.2, 0) is 14.3 Å². The van der Waals surface area contributed by atoms with Crippen molar-refractivity contribution in [3.8, 4) is 0 Å². The highest BCUT2D eigenvalue weighted by molar-refractivity contribution is 5.78. The van der Waals surface area contributed by atoms with E-state index in [2.05, 4.69) is 5.32 Å². The average molecular weight is 233 g/mol. The van der Waals surface area contributed by atoms with Gasteiger partial charge in [0.05, 0.1) is 24.4 Å². The second-order valence-corrected chi connectivity index (χ2v) is 4.78. The van der Waals surface area contributed by atoms with Gasteiger partial charge in [-0.3, -0.25) is 4.79 Å². The summed E-state index contributed by atoms with van der Waals surface area (Å²) in [6.07, 6.45) is 0. The van der Waals surface area contributed by atoms with Gasteiger partial charge in [-0.15, -0.1) is 0 Å². The van der Waals surface area contributed by atoms with Crippen molar-refractivity contribution in [3.05, 3.63) is 0 Å².